The topological polar surface area (TPSA) is 49.4 Å². The first-order valence-electron chi connectivity index (χ1n) is 6.29. The van der Waals surface area contributed by atoms with Gasteiger partial charge in [0.05, 0.1) is 0 Å². The molecular weight excluding hydrogens is 240 g/mol. The van der Waals surface area contributed by atoms with Crippen molar-refractivity contribution in [1.82, 2.24) is 10.2 Å². The zero-order chi connectivity index (χ0) is 13.7. The summed E-state index contributed by atoms with van der Waals surface area (Å²) in [5, 5.41) is 2.65. The fraction of sp³-hybridized carbons (Fsp3) is 0.333. The van der Waals surface area contributed by atoms with Crippen LogP contribution in [0.1, 0.15) is 24.0 Å². The molecule has 0 aliphatic carbocycles. The Morgan fingerprint density at radius 3 is 2.74 bits per heavy atom. The highest BCUT2D eigenvalue weighted by Gasteiger charge is 2.20. The summed E-state index contributed by atoms with van der Waals surface area (Å²) < 4.78 is 0. The van der Waals surface area contributed by atoms with Gasteiger partial charge in [0.25, 0.3) is 5.91 Å². The number of nitrogens with one attached hydrogen (secondary N) is 1. The third kappa shape index (κ3) is 3.35. The summed E-state index contributed by atoms with van der Waals surface area (Å²) in [5.74, 6) is 1.79. The Kier molecular flexibility index (Phi) is 4.19. The van der Waals surface area contributed by atoms with Crippen LogP contribution in [-0.2, 0) is 22.7 Å². The van der Waals surface area contributed by atoms with Crippen molar-refractivity contribution in [3.05, 3.63) is 35.4 Å². The van der Waals surface area contributed by atoms with Gasteiger partial charge in [-0.15, -0.1) is 6.42 Å². The van der Waals surface area contributed by atoms with Gasteiger partial charge in [0, 0.05) is 26.1 Å². The number of amides is 2. The Hall–Kier alpha value is -2.28. The molecule has 19 heavy (non-hydrogen) atoms. The van der Waals surface area contributed by atoms with E-state index in [-0.39, 0.29) is 5.91 Å². The van der Waals surface area contributed by atoms with Crippen molar-refractivity contribution in [3.63, 3.8) is 0 Å². The first kappa shape index (κ1) is 13.2. The molecule has 1 aliphatic rings. The van der Waals surface area contributed by atoms with Crippen LogP contribution in [0.2, 0.25) is 0 Å². The minimum atomic E-state index is -0.424. The number of likely N-dealkylation sites (tertiary alicyclic amines) is 1. The molecular formula is C15H16N2O2. The highest BCUT2D eigenvalue weighted by molar-refractivity contribution is 5.92. The van der Waals surface area contributed by atoms with E-state index < -0.39 is 5.91 Å². The van der Waals surface area contributed by atoms with Crippen molar-refractivity contribution in [3.8, 4) is 12.3 Å². The van der Waals surface area contributed by atoms with E-state index in [0.717, 1.165) is 24.1 Å². The van der Waals surface area contributed by atoms with Crippen molar-refractivity contribution >= 4 is 11.8 Å². The van der Waals surface area contributed by atoms with E-state index in [1.54, 1.807) is 0 Å². The molecule has 0 atom stereocenters. The van der Waals surface area contributed by atoms with Gasteiger partial charge in [-0.3, -0.25) is 9.59 Å². The number of benzene rings is 1. The van der Waals surface area contributed by atoms with Gasteiger partial charge in [-0.05, 0) is 23.5 Å². The van der Waals surface area contributed by atoms with Crippen LogP contribution in [0.3, 0.4) is 0 Å². The molecule has 0 spiro atoms. The number of carbonyl (C=O) groups excluding carboxylic acids is 2. The molecule has 0 saturated carbocycles. The SMILES string of the molecule is C#CC(=O)NCc1ccccc1CN1CCCC1=O. The molecule has 1 aromatic rings. The molecule has 98 valence electrons. The molecule has 0 unspecified atom stereocenters. The molecule has 0 aromatic heterocycles. The molecule has 1 N–H and O–H groups in total. The number of rotatable bonds is 4. The van der Waals surface area contributed by atoms with Crippen molar-refractivity contribution in [2.24, 2.45) is 0 Å². The largest absolute Gasteiger partial charge is 0.341 e. The van der Waals surface area contributed by atoms with Crippen LogP contribution in [0.15, 0.2) is 24.3 Å². The summed E-state index contributed by atoms with van der Waals surface area (Å²) in [5.41, 5.74) is 2.04. The van der Waals surface area contributed by atoms with Crippen LogP contribution >= 0.6 is 0 Å². The van der Waals surface area contributed by atoms with Crippen LogP contribution in [0.5, 0.6) is 0 Å². The van der Waals surface area contributed by atoms with Crippen LogP contribution in [0.4, 0.5) is 0 Å². The maximum atomic E-state index is 11.6. The second kappa shape index (κ2) is 6.05. The van der Waals surface area contributed by atoms with E-state index in [4.69, 9.17) is 6.42 Å². The molecule has 0 bridgehead atoms. The standard InChI is InChI=1S/C15H16N2O2/c1-2-14(18)16-10-12-6-3-4-7-13(12)11-17-9-5-8-15(17)19/h1,3-4,6-7H,5,8-11H2,(H,16,18). The first-order valence-corrected chi connectivity index (χ1v) is 6.29. The molecule has 2 amide bonds. The highest BCUT2D eigenvalue weighted by Crippen LogP contribution is 2.17. The van der Waals surface area contributed by atoms with Gasteiger partial charge in [0.2, 0.25) is 5.91 Å². The summed E-state index contributed by atoms with van der Waals surface area (Å²) in [4.78, 5) is 24.6. The minimum Gasteiger partial charge on any atom is -0.341 e. The van der Waals surface area contributed by atoms with Crippen molar-refractivity contribution in [2.75, 3.05) is 6.54 Å². The third-order valence-corrected chi connectivity index (χ3v) is 3.22. The van der Waals surface area contributed by atoms with E-state index >= 15 is 0 Å². The number of carbonyl (C=O) groups is 2. The average Bonchev–Trinajstić information content (AvgIpc) is 2.83. The van der Waals surface area contributed by atoms with Crippen LogP contribution in [-0.4, -0.2) is 23.3 Å². The van der Waals surface area contributed by atoms with E-state index in [0.29, 0.717) is 19.5 Å². The highest BCUT2D eigenvalue weighted by atomic mass is 16.2. The molecule has 1 aromatic carbocycles. The fourth-order valence-corrected chi connectivity index (χ4v) is 2.19. The average molecular weight is 256 g/mol. The second-order valence-electron chi connectivity index (χ2n) is 4.51. The maximum Gasteiger partial charge on any atom is 0.295 e. The van der Waals surface area contributed by atoms with Gasteiger partial charge in [0.15, 0.2) is 0 Å². The Morgan fingerprint density at radius 2 is 2.11 bits per heavy atom. The van der Waals surface area contributed by atoms with Gasteiger partial charge < -0.3 is 10.2 Å². The lowest BCUT2D eigenvalue weighted by Gasteiger charge is -2.18. The van der Waals surface area contributed by atoms with Gasteiger partial charge in [-0.2, -0.15) is 0 Å². The minimum absolute atomic E-state index is 0.197. The molecule has 0 radical (unpaired) electrons. The van der Waals surface area contributed by atoms with Gasteiger partial charge >= 0.3 is 0 Å². The normalized spacial score (nSPS) is 14.3. The Labute approximate surface area is 112 Å². The lowest BCUT2D eigenvalue weighted by Crippen LogP contribution is -2.26. The van der Waals surface area contributed by atoms with Crippen LogP contribution in [0, 0.1) is 12.3 Å². The number of terminal acetylenes is 1. The number of hydrogen-bond donors (Lipinski definition) is 1. The van der Waals surface area contributed by atoms with Crippen LogP contribution in [0.25, 0.3) is 0 Å². The van der Waals surface area contributed by atoms with Crippen molar-refractivity contribution < 1.29 is 9.59 Å². The number of nitrogens with zero attached hydrogens (tertiary/aromatic N) is 1. The fourth-order valence-electron chi connectivity index (χ4n) is 2.19. The predicted octanol–water partition coefficient (Wildman–Crippen LogP) is 1.06. The summed E-state index contributed by atoms with van der Waals surface area (Å²) >= 11 is 0. The molecule has 1 aliphatic heterocycles. The van der Waals surface area contributed by atoms with Gasteiger partial charge in [-0.1, -0.05) is 24.3 Å². The Morgan fingerprint density at radius 1 is 1.37 bits per heavy atom. The predicted molar refractivity (Wildman–Crippen MR) is 71.8 cm³/mol. The van der Waals surface area contributed by atoms with Crippen molar-refractivity contribution in [2.45, 2.75) is 25.9 Å². The summed E-state index contributed by atoms with van der Waals surface area (Å²) in [7, 11) is 0. The second-order valence-corrected chi connectivity index (χ2v) is 4.51. The zero-order valence-electron chi connectivity index (χ0n) is 10.7. The maximum absolute atomic E-state index is 11.6. The van der Waals surface area contributed by atoms with Gasteiger partial charge in [0.1, 0.15) is 0 Å². The smallest absolute Gasteiger partial charge is 0.295 e. The zero-order valence-corrected chi connectivity index (χ0v) is 10.7. The Balaban J connectivity index is 2.05. The monoisotopic (exact) mass is 256 g/mol. The third-order valence-electron chi connectivity index (χ3n) is 3.22. The molecule has 1 heterocycles. The van der Waals surface area contributed by atoms with E-state index in [2.05, 4.69) is 5.32 Å². The van der Waals surface area contributed by atoms with Crippen molar-refractivity contribution in [1.29, 1.82) is 0 Å². The summed E-state index contributed by atoms with van der Waals surface area (Å²) in [6.07, 6.45) is 6.57. The molecule has 1 saturated heterocycles. The number of hydrogen-bond acceptors (Lipinski definition) is 2. The summed E-state index contributed by atoms with van der Waals surface area (Å²) in [6, 6.07) is 7.75. The van der Waals surface area contributed by atoms with E-state index in [9.17, 15) is 9.59 Å². The quantitative estimate of drug-likeness (QED) is 0.819. The van der Waals surface area contributed by atoms with Crippen LogP contribution < -0.4 is 5.32 Å². The lowest BCUT2D eigenvalue weighted by atomic mass is 10.1. The van der Waals surface area contributed by atoms with E-state index in [1.807, 2.05) is 35.1 Å². The molecule has 1 fully saturated rings. The summed E-state index contributed by atoms with van der Waals surface area (Å²) in [6.45, 7) is 1.80. The lowest BCUT2D eigenvalue weighted by molar-refractivity contribution is -0.128. The van der Waals surface area contributed by atoms with E-state index in [1.165, 1.54) is 0 Å². The molecule has 2 rings (SSSR count). The Bertz CT molecular complexity index is 531. The molecule has 4 nitrogen and oxygen atoms in total. The first-order chi connectivity index (χ1) is 9.20. The molecule has 4 heteroatoms. The van der Waals surface area contributed by atoms with Gasteiger partial charge in [-0.25, -0.2) is 0 Å².